The van der Waals surface area contributed by atoms with Gasteiger partial charge in [0, 0.05) is 13.1 Å². The normalized spacial score (nSPS) is 31.2. The van der Waals surface area contributed by atoms with Crippen molar-refractivity contribution in [3.63, 3.8) is 0 Å². The molecule has 1 saturated carbocycles. The summed E-state index contributed by atoms with van der Waals surface area (Å²) in [6, 6.07) is 0. The SMILES string of the molecule is CCC(CC)C1CNCC(CC2CCCC2)O1. The Bertz CT molecular complexity index is 209. The van der Waals surface area contributed by atoms with Crippen molar-refractivity contribution in [2.45, 2.75) is 71.0 Å². The molecule has 0 amide bonds. The number of hydrogen-bond acceptors (Lipinski definition) is 2. The van der Waals surface area contributed by atoms with Crippen molar-refractivity contribution in [3.8, 4) is 0 Å². The maximum Gasteiger partial charge on any atom is 0.0731 e. The lowest BCUT2D eigenvalue weighted by Crippen LogP contribution is -2.48. The summed E-state index contributed by atoms with van der Waals surface area (Å²) in [6.07, 6.45) is 10.5. The molecule has 17 heavy (non-hydrogen) atoms. The highest BCUT2D eigenvalue weighted by molar-refractivity contribution is 4.81. The second kappa shape index (κ2) is 6.75. The van der Waals surface area contributed by atoms with Crippen LogP contribution in [0.3, 0.4) is 0 Å². The second-order valence-corrected chi connectivity index (χ2v) is 5.92. The molecule has 0 aromatic carbocycles. The first-order chi connectivity index (χ1) is 8.33. The van der Waals surface area contributed by atoms with Gasteiger partial charge in [0.05, 0.1) is 12.2 Å². The van der Waals surface area contributed by atoms with Gasteiger partial charge in [-0.05, 0) is 18.3 Å². The average Bonchev–Trinajstić information content (AvgIpc) is 2.84. The summed E-state index contributed by atoms with van der Waals surface area (Å²) < 4.78 is 6.33. The highest BCUT2D eigenvalue weighted by atomic mass is 16.5. The molecule has 1 N–H and O–H groups in total. The number of morpholine rings is 1. The lowest BCUT2D eigenvalue weighted by Gasteiger charge is -2.36. The Morgan fingerprint density at radius 1 is 1.12 bits per heavy atom. The maximum absolute atomic E-state index is 6.33. The van der Waals surface area contributed by atoms with Gasteiger partial charge in [-0.2, -0.15) is 0 Å². The average molecular weight is 239 g/mol. The lowest BCUT2D eigenvalue weighted by atomic mass is 9.93. The predicted octanol–water partition coefficient (Wildman–Crippen LogP) is 3.36. The molecule has 0 aromatic heterocycles. The van der Waals surface area contributed by atoms with Gasteiger partial charge < -0.3 is 10.1 Å². The summed E-state index contributed by atoms with van der Waals surface area (Å²) in [5.74, 6) is 1.69. The minimum atomic E-state index is 0.463. The third kappa shape index (κ3) is 3.69. The van der Waals surface area contributed by atoms with Crippen LogP contribution >= 0.6 is 0 Å². The molecule has 2 fully saturated rings. The lowest BCUT2D eigenvalue weighted by molar-refractivity contribution is -0.0749. The third-order valence-electron chi connectivity index (χ3n) is 4.73. The Morgan fingerprint density at radius 2 is 1.82 bits per heavy atom. The minimum absolute atomic E-state index is 0.463. The van der Waals surface area contributed by atoms with E-state index in [-0.39, 0.29) is 0 Å². The van der Waals surface area contributed by atoms with Crippen LogP contribution in [0, 0.1) is 11.8 Å². The molecule has 2 atom stereocenters. The van der Waals surface area contributed by atoms with E-state index in [1.165, 1.54) is 44.9 Å². The summed E-state index contributed by atoms with van der Waals surface area (Å²) in [5.41, 5.74) is 0. The topological polar surface area (TPSA) is 21.3 Å². The molecule has 0 bridgehead atoms. The van der Waals surface area contributed by atoms with Crippen LogP contribution in [0.25, 0.3) is 0 Å². The first-order valence-corrected chi connectivity index (χ1v) is 7.69. The van der Waals surface area contributed by atoms with E-state index in [9.17, 15) is 0 Å². The fourth-order valence-electron chi connectivity index (χ4n) is 3.58. The molecule has 2 rings (SSSR count). The van der Waals surface area contributed by atoms with Crippen molar-refractivity contribution >= 4 is 0 Å². The molecule has 0 aromatic rings. The number of rotatable bonds is 5. The second-order valence-electron chi connectivity index (χ2n) is 5.92. The van der Waals surface area contributed by atoms with Gasteiger partial charge in [0.15, 0.2) is 0 Å². The zero-order valence-corrected chi connectivity index (χ0v) is 11.6. The van der Waals surface area contributed by atoms with Crippen molar-refractivity contribution < 1.29 is 4.74 Å². The fourth-order valence-corrected chi connectivity index (χ4v) is 3.58. The van der Waals surface area contributed by atoms with Gasteiger partial charge in [-0.25, -0.2) is 0 Å². The van der Waals surface area contributed by atoms with E-state index in [4.69, 9.17) is 4.74 Å². The Kier molecular flexibility index (Phi) is 5.30. The number of hydrogen-bond donors (Lipinski definition) is 1. The third-order valence-corrected chi connectivity index (χ3v) is 4.73. The molecule has 2 heteroatoms. The van der Waals surface area contributed by atoms with Crippen LogP contribution in [0.4, 0.5) is 0 Å². The largest absolute Gasteiger partial charge is 0.372 e. The van der Waals surface area contributed by atoms with Gasteiger partial charge in [0.25, 0.3) is 0 Å². The molecule has 1 aliphatic carbocycles. The molecule has 0 spiro atoms. The first-order valence-electron chi connectivity index (χ1n) is 7.69. The quantitative estimate of drug-likeness (QED) is 0.794. The standard InChI is InChI=1S/C15H29NO/c1-3-13(4-2)15-11-16-10-14(17-15)9-12-7-5-6-8-12/h12-16H,3-11H2,1-2H3. The molecule has 1 saturated heterocycles. The molecule has 2 unspecified atom stereocenters. The predicted molar refractivity (Wildman–Crippen MR) is 72.2 cm³/mol. The van der Waals surface area contributed by atoms with Crippen molar-refractivity contribution in [2.24, 2.45) is 11.8 Å². The maximum atomic E-state index is 6.33. The van der Waals surface area contributed by atoms with E-state index < -0.39 is 0 Å². The van der Waals surface area contributed by atoms with E-state index in [0.717, 1.165) is 24.9 Å². The van der Waals surface area contributed by atoms with Gasteiger partial charge in [-0.1, -0.05) is 52.4 Å². The zero-order chi connectivity index (χ0) is 12.1. The van der Waals surface area contributed by atoms with Crippen molar-refractivity contribution in [3.05, 3.63) is 0 Å². The summed E-state index contributed by atoms with van der Waals surface area (Å²) >= 11 is 0. The fraction of sp³-hybridized carbons (Fsp3) is 1.00. The summed E-state index contributed by atoms with van der Waals surface area (Å²) in [7, 11) is 0. The Labute approximate surface area is 107 Å². The monoisotopic (exact) mass is 239 g/mol. The van der Waals surface area contributed by atoms with Crippen LogP contribution in [0.15, 0.2) is 0 Å². The summed E-state index contributed by atoms with van der Waals surface area (Å²) in [6.45, 7) is 6.72. The molecule has 2 nitrogen and oxygen atoms in total. The molecule has 1 aliphatic heterocycles. The van der Waals surface area contributed by atoms with E-state index in [1.807, 2.05) is 0 Å². The first kappa shape index (κ1) is 13.4. The van der Waals surface area contributed by atoms with Crippen molar-refractivity contribution in [1.82, 2.24) is 5.32 Å². The van der Waals surface area contributed by atoms with Crippen LogP contribution in [-0.4, -0.2) is 25.3 Å². The zero-order valence-electron chi connectivity index (χ0n) is 11.6. The minimum Gasteiger partial charge on any atom is -0.372 e. The van der Waals surface area contributed by atoms with E-state index in [0.29, 0.717) is 12.2 Å². The van der Waals surface area contributed by atoms with Crippen molar-refractivity contribution in [2.75, 3.05) is 13.1 Å². The Morgan fingerprint density at radius 3 is 2.47 bits per heavy atom. The van der Waals surface area contributed by atoms with E-state index >= 15 is 0 Å². The molecule has 1 heterocycles. The van der Waals surface area contributed by atoms with Crippen LogP contribution in [0.1, 0.15) is 58.8 Å². The van der Waals surface area contributed by atoms with Gasteiger partial charge in [0.2, 0.25) is 0 Å². The smallest absolute Gasteiger partial charge is 0.0731 e. The molecular weight excluding hydrogens is 210 g/mol. The number of ether oxygens (including phenoxy) is 1. The van der Waals surface area contributed by atoms with Crippen LogP contribution < -0.4 is 5.32 Å². The summed E-state index contributed by atoms with van der Waals surface area (Å²) in [4.78, 5) is 0. The Balaban J connectivity index is 1.79. The van der Waals surface area contributed by atoms with Crippen molar-refractivity contribution in [1.29, 1.82) is 0 Å². The van der Waals surface area contributed by atoms with Gasteiger partial charge >= 0.3 is 0 Å². The van der Waals surface area contributed by atoms with E-state index in [2.05, 4.69) is 19.2 Å². The van der Waals surface area contributed by atoms with Gasteiger partial charge in [-0.15, -0.1) is 0 Å². The van der Waals surface area contributed by atoms with E-state index in [1.54, 1.807) is 0 Å². The van der Waals surface area contributed by atoms with Crippen LogP contribution in [0.5, 0.6) is 0 Å². The van der Waals surface area contributed by atoms with Crippen LogP contribution in [0.2, 0.25) is 0 Å². The molecular formula is C15H29NO. The molecule has 0 radical (unpaired) electrons. The highest BCUT2D eigenvalue weighted by Gasteiger charge is 2.29. The molecule has 2 aliphatic rings. The van der Waals surface area contributed by atoms with Crippen LogP contribution in [-0.2, 0) is 4.74 Å². The Hall–Kier alpha value is -0.0800. The van der Waals surface area contributed by atoms with Gasteiger partial charge in [-0.3, -0.25) is 0 Å². The number of nitrogens with one attached hydrogen (secondary N) is 1. The summed E-state index contributed by atoms with van der Waals surface area (Å²) in [5, 5.41) is 3.58. The molecule has 100 valence electrons. The van der Waals surface area contributed by atoms with Gasteiger partial charge in [0.1, 0.15) is 0 Å². The highest BCUT2D eigenvalue weighted by Crippen LogP contribution is 2.31.